The van der Waals surface area contributed by atoms with Crippen molar-refractivity contribution in [1.82, 2.24) is 14.9 Å². The molecule has 0 spiro atoms. The number of aromatic nitrogens is 2. The minimum atomic E-state index is 0.217. The largest absolute Gasteiger partial charge is 0.368 e. The van der Waals surface area contributed by atoms with Gasteiger partial charge >= 0.3 is 0 Å². The van der Waals surface area contributed by atoms with Crippen molar-refractivity contribution >= 4 is 11.9 Å². The second-order valence-corrected chi connectivity index (χ2v) is 6.68. The molecule has 1 amide bonds. The number of hydrogen-bond donors (Lipinski definition) is 1. The van der Waals surface area contributed by atoms with Gasteiger partial charge in [0.05, 0.1) is 0 Å². The van der Waals surface area contributed by atoms with E-state index in [4.69, 9.17) is 5.73 Å². The van der Waals surface area contributed by atoms with Gasteiger partial charge in [-0.3, -0.25) is 4.79 Å². The molecule has 20 heavy (non-hydrogen) atoms. The first-order valence-corrected chi connectivity index (χ1v) is 7.34. The van der Waals surface area contributed by atoms with Gasteiger partial charge in [0.1, 0.15) is 0 Å². The minimum Gasteiger partial charge on any atom is -0.368 e. The lowest BCUT2D eigenvalue weighted by atomic mass is 9.93. The van der Waals surface area contributed by atoms with E-state index in [0.29, 0.717) is 17.8 Å². The van der Waals surface area contributed by atoms with Gasteiger partial charge in [-0.05, 0) is 30.7 Å². The number of anilines is 1. The molecule has 108 valence electrons. The van der Waals surface area contributed by atoms with Crippen molar-refractivity contribution in [1.29, 1.82) is 0 Å². The molecule has 1 aromatic heterocycles. The van der Waals surface area contributed by atoms with E-state index in [0.717, 1.165) is 38.0 Å². The van der Waals surface area contributed by atoms with Crippen molar-refractivity contribution in [2.24, 2.45) is 11.3 Å². The molecule has 5 nitrogen and oxygen atoms in total. The molecule has 1 saturated carbocycles. The first-order valence-electron chi connectivity index (χ1n) is 7.34. The molecule has 2 heterocycles. The van der Waals surface area contributed by atoms with Gasteiger partial charge in [0.25, 0.3) is 0 Å². The van der Waals surface area contributed by atoms with Crippen molar-refractivity contribution in [3.8, 4) is 0 Å². The maximum absolute atomic E-state index is 12.4. The molecule has 0 radical (unpaired) electrons. The Hall–Kier alpha value is -1.65. The fourth-order valence-electron chi connectivity index (χ4n) is 3.12. The number of amides is 1. The summed E-state index contributed by atoms with van der Waals surface area (Å²) in [5.41, 5.74) is 6.86. The Morgan fingerprint density at radius 2 is 2.05 bits per heavy atom. The SMILES string of the molecule is CC1(C)CC1C(=O)N1CCC(c2ccnc(N)n2)CC1. The van der Waals surface area contributed by atoms with Crippen LogP contribution in [-0.2, 0) is 4.79 Å². The van der Waals surface area contributed by atoms with Gasteiger partial charge in [-0.1, -0.05) is 13.8 Å². The van der Waals surface area contributed by atoms with Crippen LogP contribution < -0.4 is 5.73 Å². The lowest BCUT2D eigenvalue weighted by molar-refractivity contribution is -0.134. The van der Waals surface area contributed by atoms with Crippen LogP contribution in [-0.4, -0.2) is 33.9 Å². The van der Waals surface area contributed by atoms with Crippen molar-refractivity contribution in [3.63, 3.8) is 0 Å². The number of piperidine rings is 1. The Kier molecular flexibility index (Phi) is 3.15. The van der Waals surface area contributed by atoms with Crippen LogP contribution in [0, 0.1) is 11.3 Å². The molecular weight excluding hydrogens is 252 g/mol. The summed E-state index contributed by atoms with van der Waals surface area (Å²) in [7, 11) is 0. The van der Waals surface area contributed by atoms with Gasteiger partial charge in [0.2, 0.25) is 11.9 Å². The van der Waals surface area contributed by atoms with Gasteiger partial charge in [-0.25, -0.2) is 9.97 Å². The highest BCUT2D eigenvalue weighted by Crippen LogP contribution is 2.52. The zero-order chi connectivity index (χ0) is 14.3. The minimum absolute atomic E-state index is 0.217. The van der Waals surface area contributed by atoms with Gasteiger partial charge in [-0.2, -0.15) is 0 Å². The summed E-state index contributed by atoms with van der Waals surface area (Å²) < 4.78 is 0. The van der Waals surface area contributed by atoms with Crippen LogP contribution in [0.25, 0.3) is 0 Å². The van der Waals surface area contributed by atoms with Gasteiger partial charge in [0.15, 0.2) is 0 Å². The van der Waals surface area contributed by atoms with E-state index in [-0.39, 0.29) is 11.3 Å². The fourth-order valence-corrected chi connectivity index (χ4v) is 3.12. The summed E-state index contributed by atoms with van der Waals surface area (Å²) in [5, 5.41) is 0. The Bertz CT molecular complexity index is 520. The van der Waals surface area contributed by atoms with Crippen molar-refractivity contribution in [3.05, 3.63) is 18.0 Å². The molecule has 2 fully saturated rings. The molecule has 1 aromatic rings. The van der Waals surface area contributed by atoms with Crippen LogP contribution in [0.2, 0.25) is 0 Å². The summed E-state index contributed by atoms with van der Waals surface area (Å²) in [4.78, 5) is 22.6. The van der Waals surface area contributed by atoms with E-state index >= 15 is 0 Å². The quantitative estimate of drug-likeness (QED) is 0.892. The van der Waals surface area contributed by atoms with Crippen LogP contribution in [0.4, 0.5) is 5.95 Å². The first kappa shape index (κ1) is 13.3. The lowest BCUT2D eigenvalue weighted by Crippen LogP contribution is -2.39. The number of nitrogens with zero attached hydrogens (tertiary/aromatic N) is 3. The molecule has 1 aliphatic heterocycles. The first-order chi connectivity index (χ1) is 9.47. The molecule has 3 rings (SSSR count). The van der Waals surface area contributed by atoms with E-state index in [2.05, 4.69) is 23.8 Å². The highest BCUT2D eigenvalue weighted by atomic mass is 16.2. The molecule has 1 saturated heterocycles. The Morgan fingerprint density at radius 3 is 2.60 bits per heavy atom. The molecule has 1 atom stereocenters. The standard InChI is InChI=1S/C15H22N4O/c1-15(2)9-11(15)13(20)19-7-4-10(5-8-19)12-3-6-17-14(16)18-12/h3,6,10-11H,4-5,7-9H2,1-2H3,(H2,16,17,18). The zero-order valence-electron chi connectivity index (χ0n) is 12.2. The predicted octanol–water partition coefficient (Wildman–Crippen LogP) is 1.81. The fraction of sp³-hybridized carbons (Fsp3) is 0.667. The van der Waals surface area contributed by atoms with Crippen LogP contribution in [0.5, 0.6) is 0 Å². The maximum Gasteiger partial charge on any atom is 0.226 e. The number of carbonyl (C=O) groups is 1. The number of rotatable bonds is 2. The van der Waals surface area contributed by atoms with E-state index in [9.17, 15) is 4.79 Å². The third kappa shape index (κ3) is 2.49. The topological polar surface area (TPSA) is 72.1 Å². The van der Waals surface area contributed by atoms with Crippen LogP contribution in [0.3, 0.4) is 0 Å². The Morgan fingerprint density at radius 1 is 1.40 bits per heavy atom. The van der Waals surface area contributed by atoms with E-state index in [1.54, 1.807) is 6.20 Å². The molecular formula is C15H22N4O. The molecule has 0 aromatic carbocycles. The summed E-state index contributed by atoms with van der Waals surface area (Å²) in [6.07, 6.45) is 4.68. The average Bonchev–Trinajstić information content (AvgIpc) is 3.07. The monoisotopic (exact) mass is 274 g/mol. The van der Waals surface area contributed by atoms with Crippen molar-refractivity contribution < 1.29 is 4.79 Å². The Labute approximate surface area is 119 Å². The molecule has 1 aliphatic carbocycles. The van der Waals surface area contributed by atoms with Crippen molar-refractivity contribution in [2.45, 2.75) is 39.0 Å². The molecule has 2 aliphatic rings. The zero-order valence-corrected chi connectivity index (χ0v) is 12.2. The Balaban J connectivity index is 1.59. The van der Waals surface area contributed by atoms with Gasteiger partial charge in [0, 0.05) is 36.8 Å². The lowest BCUT2D eigenvalue weighted by Gasteiger charge is -2.32. The summed E-state index contributed by atoms with van der Waals surface area (Å²) in [6.45, 7) is 6.01. The molecule has 2 N–H and O–H groups in total. The molecule has 0 bridgehead atoms. The van der Waals surface area contributed by atoms with Gasteiger partial charge in [-0.15, -0.1) is 0 Å². The number of hydrogen-bond acceptors (Lipinski definition) is 4. The van der Waals surface area contributed by atoms with E-state index in [1.807, 2.05) is 11.0 Å². The normalized spacial score (nSPS) is 25.5. The predicted molar refractivity (Wildman–Crippen MR) is 76.9 cm³/mol. The third-order valence-corrected chi connectivity index (χ3v) is 4.73. The van der Waals surface area contributed by atoms with Crippen LogP contribution in [0.15, 0.2) is 12.3 Å². The highest BCUT2D eigenvalue weighted by molar-refractivity contribution is 5.82. The van der Waals surface area contributed by atoms with E-state index < -0.39 is 0 Å². The van der Waals surface area contributed by atoms with Crippen molar-refractivity contribution in [2.75, 3.05) is 18.8 Å². The van der Waals surface area contributed by atoms with Gasteiger partial charge < -0.3 is 10.6 Å². The smallest absolute Gasteiger partial charge is 0.226 e. The summed E-state index contributed by atoms with van der Waals surface area (Å²) >= 11 is 0. The average molecular weight is 274 g/mol. The van der Waals surface area contributed by atoms with E-state index in [1.165, 1.54) is 0 Å². The summed E-state index contributed by atoms with van der Waals surface area (Å²) in [5.74, 6) is 1.32. The number of likely N-dealkylation sites (tertiary alicyclic amines) is 1. The molecule has 1 unspecified atom stereocenters. The number of carbonyl (C=O) groups excluding carboxylic acids is 1. The van der Waals surface area contributed by atoms with Crippen LogP contribution in [0.1, 0.15) is 44.7 Å². The third-order valence-electron chi connectivity index (χ3n) is 4.73. The number of nitrogens with two attached hydrogens (primary N) is 1. The number of nitrogen functional groups attached to an aromatic ring is 1. The molecule has 5 heteroatoms. The summed E-state index contributed by atoms with van der Waals surface area (Å²) in [6, 6.07) is 1.93. The second-order valence-electron chi connectivity index (χ2n) is 6.68. The van der Waals surface area contributed by atoms with Crippen LogP contribution >= 0.6 is 0 Å². The highest BCUT2D eigenvalue weighted by Gasteiger charge is 2.52. The maximum atomic E-state index is 12.4. The second kappa shape index (κ2) is 4.72.